The molecule has 0 unspecified atom stereocenters. The predicted molar refractivity (Wildman–Crippen MR) is 394 cm³/mol. The fraction of sp³-hybridized carbons (Fsp3) is 0.472. The maximum Gasteiger partial charge on any atom is 0.327 e. The number of amides is 11. The van der Waals surface area contributed by atoms with E-state index in [0.29, 0.717) is 52.5 Å². The number of H-pyrrole nitrogens is 1. The van der Waals surface area contributed by atoms with Crippen LogP contribution in [0, 0.1) is 0 Å². The van der Waals surface area contributed by atoms with Crippen molar-refractivity contribution in [2.24, 2.45) is 11.5 Å². The number of carboxylic acid groups (broad SMARTS) is 1. The summed E-state index contributed by atoms with van der Waals surface area (Å²) < 4.78 is 0. The van der Waals surface area contributed by atoms with Crippen molar-refractivity contribution in [3.05, 3.63) is 137 Å². The number of hydrogen-bond donors (Lipinski definition) is 19. The molecule has 2 bridgehead atoms. The molecule has 2 saturated heterocycles. The number of phenols is 1. The molecule has 21 N–H and O–H groups in total. The van der Waals surface area contributed by atoms with Crippen LogP contribution < -0.4 is 75.3 Å². The second-order valence-corrected chi connectivity index (χ2v) is 28.9. The van der Waals surface area contributed by atoms with E-state index < -0.39 is 163 Å². The number of nitrogens with two attached hydrogens (primary N) is 2. The number of phenolic OH excluding ortho intramolecular Hbond substituents is 1. The second kappa shape index (κ2) is 41.7. The van der Waals surface area contributed by atoms with Crippen LogP contribution >= 0.6 is 21.6 Å². The van der Waals surface area contributed by atoms with Gasteiger partial charge in [-0.15, -0.1) is 0 Å². The highest BCUT2D eigenvalue weighted by molar-refractivity contribution is 8.76. The molecule has 12 atom stereocenters. The molecule has 4 aromatic carbocycles. The number of aromatic nitrogens is 1. The average Bonchev–Trinajstić information content (AvgIpc) is 1.80. The van der Waals surface area contributed by atoms with Crippen LogP contribution in [0.4, 0.5) is 0 Å². The lowest BCUT2D eigenvalue weighted by Gasteiger charge is -2.29. The van der Waals surface area contributed by atoms with E-state index in [1.54, 1.807) is 72.9 Å². The molecule has 11 amide bonds. The van der Waals surface area contributed by atoms with Crippen molar-refractivity contribution in [1.29, 1.82) is 0 Å². The van der Waals surface area contributed by atoms with Gasteiger partial charge in [-0.3, -0.25) is 52.7 Å². The number of carbonyl (C=O) groups excluding carboxylic acids is 11. The van der Waals surface area contributed by atoms with Gasteiger partial charge in [-0.25, -0.2) is 4.79 Å². The van der Waals surface area contributed by atoms with E-state index in [2.05, 4.69) is 68.8 Å². The molecular weight excluding hydrogens is 1400 g/mol. The number of unbranched alkanes of at least 4 members (excludes halogenated alkanes) is 1. The largest absolute Gasteiger partial charge is 0.508 e. The van der Waals surface area contributed by atoms with Crippen molar-refractivity contribution in [2.45, 2.75) is 183 Å². The lowest BCUT2D eigenvalue weighted by atomic mass is 9.99. The maximum absolute atomic E-state index is 15.5. The highest BCUT2D eigenvalue weighted by atomic mass is 33.1. The zero-order chi connectivity index (χ0) is 76.1. The number of fused-ring (bicyclic) bond motifs is 10. The molecule has 0 spiro atoms. The Balaban J connectivity index is 1.36. The molecule has 2 aliphatic rings. The van der Waals surface area contributed by atoms with Crippen molar-refractivity contribution in [3.63, 3.8) is 0 Å². The highest BCUT2D eigenvalue weighted by Gasteiger charge is 2.38. The smallest absolute Gasteiger partial charge is 0.327 e. The summed E-state index contributed by atoms with van der Waals surface area (Å²) in [6, 6.07) is 10.7. The van der Waals surface area contributed by atoms with Crippen molar-refractivity contribution in [2.75, 3.05) is 31.2 Å². The minimum atomic E-state index is -1.89. The minimum Gasteiger partial charge on any atom is -0.508 e. The number of nitrogens with one attached hydrogen (secondary N) is 13. The monoisotopic (exact) mass is 1490 g/mol. The molecule has 31 nitrogen and oxygen atoms in total. The van der Waals surface area contributed by atoms with E-state index in [1.165, 1.54) is 31.2 Å². The van der Waals surface area contributed by atoms with E-state index in [4.69, 9.17) is 11.5 Å². The molecule has 2 aliphatic heterocycles. The molecule has 0 saturated carbocycles. The number of rotatable bonds is 18. The number of aliphatic hydroxyl groups is 2. The van der Waals surface area contributed by atoms with Gasteiger partial charge < -0.3 is 101 Å². The molecule has 105 heavy (non-hydrogen) atoms. The Morgan fingerprint density at radius 3 is 1.66 bits per heavy atom. The number of aliphatic hydroxyl groups excluding tert-OH is 2. The van der Waals surface area contributed by atoms with Gasteiger partial charge in [-0.1, -0.05) is 120 Å². The molecular formula is C72H97N15O16S2. The molecule has 33 heteroatoms. The van der Waals surface area contributed by atoms with Crippen LogP contribution in [0.5, 0.6) is 5.75 Å². The number of aromatic hydroxyl groups is 1. The Morgan fingerprint density at radius 1 is 0.543 bits per heavy atom. The van der Waals surface area contributed by atoms with Crippen molar-refractivity contribution in [1.82, 2.24) is 68.8 Å². The summed E-state index contributed by atoms with van der Waals surface area (Å²) >= 11 is 0. The number of para-hydroxylation sites is 1. The van der Waals surface area contributed by atoms with Crippen LogP contribution in [0.3, 0.4) is 0 Å². The van der Waals surface area contributed by atoms with E-state index in [-0.39, 0.29) is 87.8 Å². The van der Waals surface area contributed by atoms with Gasteiger partial charge >= 0.3 is 5.97 Å². The lowest BCUT2D eigenvalue weighted by Crippen LogP contribution is -2.62. The van der Waals surface area contributed by atoms with E-state index in [9.17, 15) is 58.8 Å². The van der Waals surface area contributed by atoms with Gasteiger partial charge in [0.1, 0.15) is 66.2 Å². The molecule has 7 rings (SSSR count). The molecule has 3 heterocycles. The van der Waals surface area contributed by atoms with Crippen LogP contribution in [-0.4, -0.2) is 206 Å². The van der Waals surface area contributed by atoms with Crippen LogP contribution in [-0.2, 0) is 89.8 Å². The molecule has 2 fully saturated rings. The first-order valence-electron chi connectivity index (χ1n) is 35.0. The first kappa shape index (κ1) is 82.6. The standard InChI is InChI=1S/C72H97N15O16S2/c1-40(2)76-35-45-21-19-43(20-22-45)32-56-69(99)87-61(41(3)89)71(101)84-55(33-44-23-25-47(90)26-24-44)67(97)79-52-18-10-12-30-75-60(91)28-27-53(65(95)83-57(68(98)82-56)34-46-36-77-50-16-8-7-15-48(46)50)80-66(96)54(31-42-13-5-4-6-14-42)81-63(93)51(17-9-11-29-73)78-62(92)49(74)38-104-105-39-59(72(102)103)86-70(100)58(37-88)85-64(52)94/h4-8,13-16,19-26,36,40-41,49,51-59,61,76-77,88-90H,9-12,17-18,27-35,37-39,73-74H2,1-3H3,(H,75,91)(H,78,92)(H,79,97)(H,80,96)(H,81,93)(H,82,98)(H,83,95)(H,84,101)(H,85,94)(H,86,100)(H,87,99)(H,102,103)/t41-,49+,51+,52+,53+,54+,55+,56+,57-,58+,59+,61-/m1/s1. The lowest BCUT2D eigenvalue weighted by molar-refractivity contribution is -0.142. The number of aliphatic carboxylic acids is 1. The molecule has 568 valence electrons. The average molecular weight is 1490 g/mol. The summed E-state index contributed by atoms with van der Waals surface area (Å²) in [6.07, 6.45) is -1.40. The van der Waals surface area contributed by atoms with Crippen LogP contribution in [0.1, 0.15) is 100.0 Å². The fourth-order valence-corrected chi connectivity index (χ4v) is 13.9. The second-order valence-electron chi connectivity index (χ2n) is 26.3. The van der Waals surface area contributed by atoms with Gasteiger partial charge in [0, 0.05) is 79.8 Å². The molecule has 1 aromatic heterocycles. The van der Waals surface area contributed by atoms with Crippen LogP contribution in [0.2, 0.25) is 0 Å². The Bertz CT molecular complexity index is 3780. The van der Waals surface area contributed by atoms with Gasteiger partial charge in [-0.2, -0.15) is 0 Å². The Labute approximate surface area is 615 Å². The summed E-state index contributed by atoms with van der Waals surface area (Å²) in [5.74, 6) is -12.8. The third-order valence-electron chi connectivity index (χ3n) is 17.6. The van der Waals surface area contributed by atoms with E-state index in [0.717, 1.165) is 27.2 Å². The quantitative estimate of drug-likeness (QED) is 0.0365. The SMILES string of the molecule is CC(C)NCc1ccc(C[C@@H]2NC(=O)[C@@H](Cc3c[nH]c4ccccc34)NC(=O)[C@@H]3CCC(=O)NCCCC[C@H](NC(=O)[C@H](Cc4ccc(O)cc4)NC(=O)[C@@H]([C@@H](C)O)NC2=O)C(=O)N[C@@H](CO)C(=O)N[C@H](C(=O)O)CSSC[C@H](N)C(=O)N[C@@H](CCCCN)C(=O)N[C@@H](Cc2ccccc2)C(=O)N3)cc1. The topological polar surface area (TPSA) is 498 Å². The summed E-state index contributed by atoms with van der Waals surface area (Å²) in [5, 5.41) is 75.4. The Kier molecular flexibility index (Phi) is 32.9. The van der Waals surface area contributed by atoms with E-state index in [1.807, 2.05) is 26.0 Å². The summed E-state index contributed by atoms with van der Waals surface area (Å²) in [7, 11) is 1.85. The number of hydrogen-bond acceptors (Lipinski definition) is 20. The number of aromatic amines is 1. The zero-order valence-corrected chi connectivity index (χ0v) is 60.4. The summed E-state index contributed by atoms with van der Waals surface area (Å²) in [6.45, 7) is 4.69. The Hall–Kier alpha value is -9.64. The van der Waals surface area contributed by atoms with Gasteiger partial charge in [0.15, 0.2) is 0 Å². The fourth-order valence-electron chi connectivity index (χ4n) is 11.6. The molecule has 0 radical (unpaired) electrons. The molecule has 5 aromatic rings. The minimum absolute atomic E-state index is 0.0115. The normalized spacial score (nSPS) is 24.5. The first-order valence-corrected chi connectivity index (χ1v) is 37.5. The number of carboxylic acids is 1. The number of benzene rings is 4. The predicted octanol–water partition coefficient (Wildman–Crippen LogP) is -1.12. The van der Waals surface area contributed by atoms with Crippen LogP contribution in [0.15, 0.2) is 109 Å². The highest BCUT2D eigenvalue weighted by Crippen LogP contribution is 2.24. The van der Waals surface area contributed by atoms with Gasteiger partial charge in [0.2, 0.25) is 65.0 Å². The Morgan fingerprint density at radius 2 is 1.05 bits per heavy atom. The molecule has 0 aliphatic carbocycles. The summed E-state index contributed by atoms with van der Waals surface area (Å²) in [5.41, 5.74) is 15.7. The van der Waals surface area contributed by atoms with Gasteiger partial charge in [-0.05, 0) is 104 Å². The first-order chi connectivity index (χ1) is 50.3. The van der Waals surface area contributed by atoms with E-state index >= 15 is 19.2 Å². The van der Waals surface area contributed by atoms with Crippen molar-refractivity contribution >= 4 is 103 Å². The van der Waals surface area contributed by atoms with Crippen molar-refractivity contribution < 1.29 is 78.0 Å². The van der Waals surface area contributed by atoms with Crippen molar-refractivity contribution in [3.8, 4) is 5.75 Å². The third kappa shape index (κ3) is 26.5. The summed E-state index contributed by atoms with van der Waals surface area (Å²) in [4.78, 5) is 178. The van der Waals surface area contributed by atoms with Crippen LogP contribution in [0.25, 0.3) is 10.9 Å². The van der Waals surface area contributed by atoms with Gasteiger partial charge in [0.05, 0.1) is 18.8 Å². The maximum atomic E-state index is 15.5. The van der Waals surface area contributed by atoms with Gasteiger partial charge in [0.25, 0.3) is 0 Å². The number of carbonyl (C=O) groups is 12. The zero-order valence-electron chi connectivity index (χ0n) is 58.8. The third-order valence-corrected chi connectivity index (χ3v) is 20.1.